The molecular weight excluding hydrogens is 246 g/mol. The fourth-order valence-corrected chi connectivity index (χ4v) is 1.82. The topological polar surface area (TPSA) is 79.4 Å². The van der Waals surface area contributed by atoms with Gasteiger partial charge in [0.15, 0.2) is 0 Å². The molecule has 5 nitrogen and oxygen atoms in total. The van der Waals surface area contributed by atoms with Gasteiger partial charge in [0.1, 0.15) is 0 Å². The molecule has 0 aliphatic rings. The maximum Gasteiger partial charge on any atom is 0.340 e. The van der Waals surface area contributed by atoms with Gasteiger partial charge in [0, 0.05) is 17.1 Å². The summed E-state index contributed by atoms with van der Waals surface area (Å²) in [4.78, 5) is 25.0. The highest BCUT2D eigenvalue weighted by molar-refractivity contribution is 6.04. The first kappa shape index (κ1) is 12.9. The number of hydrogen-bond acceptors (Lipinski definition) is 3. The SMILES string of the molecule is COC(=O)c1c[nH]c2ccc(C=CCC(=O)O)cc12. The van der Waals surface area contributed by atoms with Crippen LogP contribution in [0, 0.1) is 0 Å². The lowest BCUT2D eigenvalue weighted by atomic mass is 10.1. The van der Waals surface area contributed by atoms with Crippen molar-refractivity contribution in [2.24, 2.45) is 0 Å². The highest BCUT2D eigenvalue weighted by Gasteiger charge is 2.11. The molecule has 0 aliphatic carbocycles. The zero-order valence-corrected chi connectivity index (χ0v) is 10.3. The summed E-state index contributed by atoms with van der Waals surface area (Å²) in [6.45, 7) is 0. The summed E-state index contributed by atoms with van der Waals surface area (Å²) in [6, 6.07) is 5.50. The molecule has 0 aliphatic heterocycles. The van der Waals surface area contributed by atoms with E-state index in [4.69, 9.17) is 9.84 Å². The maximum atomic E-state index is 11.6. The molecule has 2 rings (SSSR count). The van der Waals surface area contributed by atoms with E-state index in [1.807, 2.05) is 18.2 Å². The van der Waals surface area contributed by atoms with Crippen LogP contribution in [0.3, 0.4) is 0 Å². The average Bonchev–Trinajstić information content (AvgIpc) is 2.80. The molecule has 5 heteroatoms. The van der Waals surface area contributed by atoms with Crippen molar-refractivity contribution in [1.82, 2.24) is 4.98 Å². The average molecular weight is 259 g/mol. The molecule has 0 spiro atoms. The van der Waals surface area contributed by atoms with Gasteiger partial charge >= 0.3 is 11.9 Å². The number of carboxylic acid groups (broad SMARTS) is 1. The number of aliphatic carboxylic acids is 1. The van der Waals surface area contributed by atoms with Crippen molar-refractivity contribution in [2.45, 2.75) is 6.42 Å². The van der Waals surface area contributed by atoms with E-state index < -0.39 is 11.9 Å². The molecule has 1 aromatic carbocycles. The van der Waals surface area contributed by atoms with E-state index in [0.717, 1.165) is 16.5 Å². The fraction of sp³-hybridized carbons (Fsp3) is 0.143. The monoisotopic (exact) mass is 259 g/mol. The number of carbonyl (C=O) groups is 2. The van der Waals surface area contributed by atoms with Crippen LogP contribution >= 0.6 is 0 Å². The molecule has 2 N–H and O–H groups in total. The summed E-state index contributed by atoms with van der Waals surface area (Å²) in [5.41, 5.74) is 2.13. The predicted octanol–water partition coefficient (Wildman–Crippen LogP) is 2.44. The van der Waals surface area contributed by atoms with E-state index in [-0.39, 0.29) is 6.42 Å². The zero-order chi connectivity index (χ0) is 13.8. The molecule has 0 saturated heterocycles. The Morgan fingerprint density at radius 1 is 1.42 bits per heavy atom. The van der Waals surface area contributed by atoms with Crippen molar-refractivity contribution in [3.05, 3.63) is 41.6 Å². The Kier molecular flexibility index (Phi) is 3.66. The Balaban J connectivity index is 2.35. The van der Waals surface area contributed by atoms with Gasteiger partial charge in [-0.2, -0.15) is 0 Å². The quantitative estimate of drug-likeness (QED) is 0.826. The van der Waals surface area contributed by atoms with Gasteiger partial charge < -0.3 is 14.8 Å². The first-order valence-electron chi connectivity index (χ1n) is 5.69. The van der Waals surface area contributed by atoms with Crippen LogP contribution in [0.25, 0.3) is 17.0 Å². The summed E-state index contributed by atoms with van der Waals surface area (Å²) >= 11 is 0. The number of rotatable bonds is 4. The molecule has 0 amide bonds. The lowest BCUT2D eigenvalue weighted by Crippen LogP contribution is -1.99. The normalized spacial score (nSPS) is 11.0. The number of methoxy groups -OCH3 is 1. The lowest BCUT2D eigenvalue weighted by Gasteiger charge is -1.98. The number of benzene rings is 1. The molecule has 1 aromatic heterocycles. The van der Waals surface area contributed by atoms with Gasteiger partial charge in [-0.05, 0) is 17.7 Å². The summed E-state index contributed by atoms with van der Waals surface area (Å²) < 4.78 is 4.70. The van der Waals surface area contributed by atoms with Crippen LogP contribution in [0.2, 0.25) is 0 Å². The predicted molar refractivity (Wildman–Crippen MR) is 70.9 cm³/mol. The third-order valence-corrected chi connectivity index (χ3v) is 2.71. The molecule has 0 unspecified atom stereocenters. The van der Waals surface area contributed by atoms with Gasteiger partial charge in [-0.25, -0.2) is 4.79 Å². The molecule has 19 heavy (non-hydrogen) atoms. The second-order valence-corrected chi connectivity index (χ2v) is 4.00. The number of aromatic amines is 1. The van der Waals surface area contributed by atoms with Crippen LogP contribution in [0.4, 0.5) is 0 Å². The van der Waals surface area contributed by atoms with Crippen molar-refractivity contribution in [2.75, 3.05) is 7.11 Å². The van der Waals surface area contributed by atoms with E-state index >= 15 is 0 Å². The van der Waals surface area contributed by atoms with Crippen LogP contribution < -0.4 is 0 Å². The van der Waals surface area contributed by atoms with Crippen molar-refractivity contribution in [3.63, 3.8) is 0 Å². The minimum atomic E-state index is -0.880. The van der Waals surface area contributed by atoms with Crippen LogP contribution in [0.15, 0.2) is 30.5 Å². The Bertz CT molecular complexity index is 655. The largest absolute Gasteiger partial charge is 0.481 e. The first-order chi connectivity index (χ1) is 9.11. The Hall–Kier alpha value is -2.56. The van der Waals surface area contributed by atoms with E-state index in [1.54, 1.807) is 18.3 Å². The van der Waals surface area contributed by atoms with Crippen LogP contribution in [0.5, 0.6) is 0 Å². The molecule has 0 radical (unpaired) electrons. The summed E-state index contributed by atoms with van der Waals surface area (Å²) in [6.07, 6.45) is 4.84. The minimum Gasteiger partial charge on any atom is -0.481 e. The smallest absolute Gasteiger partial charge is 0.340 e. The van der Waals surface area contributed by atoms with Crippen molar-refractivity contribution in [1.29, 1.82) is 0 Å². The van der Waals surface area contributed by atoms with Crippen LogP contribution in [-0.4, -0.2) is 29.1 Å². The number of fused-ring (bicyclic) bond motifs is 1. The van der Waals surface area contributed by atoms with Crippen LogP contribution in [0.1, 0.15) is 22.3 Å². The molecule has 0 bridgehead atoms. The molecule has 1 heterocycles. The summed E-state index contributed by atoms with van der Waals surface area (Å²) in [5.74, 6) is -1.29. The number of hydrogen-bond donors (Lipinski definition) is 2. The Morgan fingerprint density at radius 2 is 2.21 bits per heavy atom. The molecular formula is C14H13NO4. The molecule has 0 atom stereocenters. The number of ether oxygens (including phenoxy) is 1. The lowest BCUT2D eigenvalue weighted by molar-refractivity contribution is -0.135. The van der Waals surface area contributed by atoms with Crippen molar-refractivity contribution < 1.29 is 19.4 Å². The van der Waals surface area contributed by atoms with Gasteiger partial charge in [-0.1, -0.05) is 18.2 Å². The summed E-state index contributed by atoms with van der Waals surface area (Å²) in [7, 11) is 1.33. The maximum absolute atomic E-state index is 11.6. The minimum absolute atomic E-state index is 0.0327. The third kappa shape index (κ3) is 2.82. The van der Waals surface area contributed by atoms with E-state index in [9.17, 15) is 9.59 Å². The van der Waals surface area contributed by atoms with Gasteiger partial charge in [-0.15, -0.1) is 0 Å². The molecule has 98 valence electrons. The molecule has 0 fully saturated rings. The Labute approximate surface area is 109 Å². The standard InChI is InChI=1S/C14H13NO4/c1-19-14(18)11-8-15-12-6-5-9(7-10(11)12)3-2-4-13(16)17/h2-3,5-8,15H,4H2,1H3,(H,16,17). The molecule has 0 saturated carbocycles. The van der Waals surface area contributed by atoms with Crippen molar-refractivity contribution in [3.8, 4) is 0 Å². The fourth-order valence-electron chi connectivity index (χ4n) is 1.82. The zero-order valence-electron chi connectivity index (χ0n) is 10.3. The second-order valence-electron chi connectivity index (χ2n) is 4.00. The van der Waals surface area contributed by atoms with Gasteiger partial charge in [0.2, 0.25) is 0 Å². The van der Waals surface area contributed by atoms with E-state index in [1.165, 1.54) is 7.11 Å². The number of carbonyl (C=O) groups excluding carboxylic acids is 1. The third-order valence-electron chi connectivity index (χ3n) is 2.71. The Morgan fingerprint density at radius 3 is 2.89 bits per heavy atom. The number of nitrogens with one attached hydrogen (secondary N) is 1. The first-order valence-corrected chi connectivity index (χ1v) is 5.69. The highest BCUT2D eigenvalue weighted by atomic mass is 16.5. The number of carboxylic acids is 1. The molecule has 2 aromatic rings. The van der Waals surface area contributed by atoms with E-state index in [2.05, 4.69) is 4.98 Å². The number of H-pyrrole nitrogens is 1. The highest BCUT2D eigenvalue weighted by Crippen LogP contribution is 2.21. The van der Waals surface area contributed by atoms with Crippen molar-refractivity contribution >= 4 is 28.9 Å². The van der Waals surface area contributed by atoms with Gasteiger partial charge in [0.25, 0.3) is 0 Å². The number of aromatic nitrogens is 1. The second kappa shape index (κ2) is 5.39. The van der Waals surface area contributed by atoms with Gasteiger partial charge in [-0.3, -0.25) is 4.79 Å². The van der Waals surface area contributed by atoms with Crippen LogP contribution in [-0.2, 0) is 9.53 Å². The summed E-state index contributed by atoms with van der Waals surface area (Å²) in [5, 5.41) is 9.32. The van der Waals surface area contributed by atoms with Gasteiger partial charge in [0.05, 0.1) is 19.1 Å². The number of esters is 1. The van der Waals surface area contributed by atoms with E-state index in [0.29, 0.717) is 5.56 Å².